The first-order valence-corrected chi connectivity index (χ1v) is 10.5. The third-order valence-electron chi connectivity index (χ3n) is 4.67. The van der Waals surface area contributed by atoms with E-state index in [1.807, 2.05) is 12.1 Å². The smallest absolute Gasteiger partial charge is 0.475 e. The number of hydrogen-bond donors (Lipinski definition) is 4. The largest absolute Gasteiger partial charge is 0.490 e. The van der Waals surface area contributed by atoms with Gasteiger partial charge in [-0.25, -0.2) is 4.79 Å². The summed E-state index contributed by atoms with van der Waals surface area (Å²) in [7, 11) is 0. The lowest BCUT2D eigenvalue weighted by atomic mass is 10.1. The molecule has 14 heteroatoms. The van der Waals surface area contributed by atoms with Gasteiger partial charge in [0.15, 0.2) is 0 Å². The molecule has 1 amide bonds. The molecule has 2 aromatic heterocycles. The van der Waals surface area contributed by atoms with E-state index < -0.39 is 12.1 Å². The second-order valence-corrected chi connectivity index (χ2v) is 8.43. The summed E-state index contributed by atoms with van der Waals surface area (Å²) in [5.41, 5.74) is 1.67. The maximum atomic E-state index is 11.2. The normalized spacial score (nSPS) is 18.2. The average Bonchev–Trinajstić information content (AvgIpc) is 3.44. The minimum absolute atomic E-state index is 0.0227. The first kappa shape index (κ1) is 23.7. The Hall–Kier alpha value is -2.93. The molecule has 4 N–H and O–H groups in total. The molecular weight excluding hydrogens is 473 g/mol. The van der Waals surface area contributed by atoms with Gasteiger partial charge in [-0.1, -0.05) is 22.9 Å². The van der Waals surface area contributed by atoms with Crippen molar-refractivity contribution in [1.29, 1.82) is 0 Å². The highest BCUT2D eigenvalue weighted by Gasteiger charge is 2.38. The van der Waals surface area contributed by atoms with Crippen LogP contribution in [0.5, 0.6) is 0 Å². The summed E-state index contributed by atoms with van der Waals surface area (Å²) in [6, 6.07) is 4.06. The average molecular weight is 491 g/mol. The molecule has 4 rings (SSSR count). The van der Waals surface area contributed by atoms with Crippen molar-refractivity contribution in [3.8, 4) is 0 Å². The minimum Gasteiger partial charge on any atom is -0.475 e. The van der Waals surface area contributed by atoms with Crippen molar-refractivity contribution < 1.29 is 27.9 Å². The number of aliphatic carboxylic acids is 1. The Balaban J connectivity index is 0.000000360. The van der Waals surface area contributed by atoms with Crippen LogP contribution in [-0.4, -0.2) is 49.6 Å². The summed E-state index contributed by atoms with van der Waals surface area (Å²) in [6.45, 7) is 1.56. The summed E-state index contributed by atoms with van der Waals surface area (Å²) in [5.74, 6) is -2.39. The molecule has 0 aliphatic heterocycles. The number of aromatic nitrogens is 4. The van der Waals surface area contributed by atoms with Crippen LogP contribution in [-0.2, 0) is 9.59 Å². The maximum absolute atomic E-state index is 11.2. The number of aromatic amines is 1. The third-order valence-corrected chi connectivity index (χ3v) is 6.08. The lowest BCUT2D eigenvalue weighted by Crippen LogP contribution is -2.30. The van der Waals surface area contributed by atoms with Crippen LogP contribution in [0.3, 0.4) is 0 Å². The van der Waals surface area contributed by atoms with E-state index in [-0.39, 0.29) is 11.9 Å². The monoisotopic (exact) mass is 490 g/mol. The van der Waals surface area contributed by atoms with E-state index in [1.54, 1.807) is 13.1 Å². The molecule has 1 fully saturated rings. The van der Waals surface area contributed by atoms with Crippen molar-refractivity contribution in [3.05, 3.63) is 28.4 Å². The van der Waals surface area contributed by atoms with E-state index in [4.69, 9.17) is 21.5 Å². The molecule has 0 saturated heterocycles. The van der Waals surface area contributed by atoms with Crippen LogP contribution in [0.2, 0.25) is 5.02 Å². The molecule has 1 saturated carbocycles. The van der Waals surface area contributed by atoms with Gasteiger partial charge in [0.25, 0.3) is 0 Å². The number of hydrogen-bond acceptors (Lipinski definition) is 7. The van der Waals surface area contributed by atoms with Crippen molar-refractivity contribution in [2.75, 3.05) is 5.32 Å². The molecule has 0 radical (unpaired) electrons. The Morgan fingerprint density at radius 1 is 1.28 bits per heavy atom. The van der Waals surface area contributed by atoms with Crippen LogP contribution in [0.4, 0.5) is 24.0 Å². The van der Waals surface area contributed by atoms with E-state index >= 15 is 0 Å². The van der Waals surface area contributed by atoms with Crippen molar-refractivity contribution in [2.45, 2.75) is 44.3 Å². The van der Waals surface area contributed by atoms with Gasteiger partial charge < -0.3 is 15.7 Å². The van der Waals surface area contributed by atoms with Crippen molar-refractivity contribution in [3.63, 3.8) is 0 Å². The van der Waals surface area contributed by atoms with E-state index in [2.05, 4.69) is 31.0 Å². The summed E-state index contributed by atoms with van der Waals surface area (Å²) in [4.78, 5) is 20.1. The van der Waals surface area contributed by atoms with Crippen LogP contribution in [0.25, 0.3) is 10.9 Å². The maximum Gasteiger partial charge on any atom is 0.490 e. The summed E-state index contributed by atoms with van der Waals surface area (Å²) in [6.07, 6.45) is -0.470. The number of rotatable bonds is 4. The number of nitrogens with zero attached hydrogens (tertiary/aromatic N) is 3. The number of fused-ring (bicyclic) bond motifs is 1. The molecule has 2 atom stereocenters. The fourth-order valence-electron chi connectivity index (χ4n) is 3.27. The molecule has 3 aromatic rings. The molecule has 9 nitrogen and oxygen atoms in total. The second kappa shape index (κ2) is 9.69. The first-order chi connectivity index (χ1) is 15.0. The van der Waals surface area contributed by atoms with Gasteiger partial charge in [0.2, 0.25) is 11.0 Å². The van der Waals surface area contributed by atoms with E-state index in [0.29, 0.717) is 16.1 Å². The van der Waals surface area contributed by atoms with E-state index in [9.17, 15) is 18.0 Å². The van der Waals surface area contributed by atoms with Crippen LogP contribution in [0.15, 0.2) is 18.3 Å². The van der Waals surface area contributed by atoms with Crippen LogP contribution < -0.4 is 10.6 Å². The molecule has 1 aromatic carbocycles. The molecule has 0 unspecified atom stereocenters. The number of carboxylic acids is 1. The first-order valence-electron chi connectivity index (χ1n) is 9.33. The molecule has 2 heterocycles. The van der Waals surface area contributed by atoms with Gasteiger partial charge in [-0.2, -0.15) is 18.3 Å². The molecular formula is C18H18ClF3N6O3S. The summed E-state index contributed by atoms with van der Waals surface area (Å²) in [5, 5.41) is 32.0. The Kier molecular flexibility index (Phi) is 7.19. The molecule has 172 valence electrons. The highest BCUT2D eigenvalue weighted by Crippen LogP contribution is 2.38. The number of carbonyl (C=O) groups is 2. The number of nitrogens with one attached hydrogen (secondary N) is 3. The Labute approximate surface area is 188 Å². The topological polar surface area (TPSA) is 133 Å². The Morgan fingerprint density at radius 2 is 2.00 bits per heavy atom. The zero-order valence-corrected chi connectivity index (χ0v) is 18.1. The van der Waals surface area contributed by atoms with Gasteiger partial charge in [0, 0.05) is 24.3 Å². The number of halogens is 4. The quantitative estimate of drug-likeness (QED) is 0.430. The lowest BCUT2D eigenvalue weighted by Gasteiger charge is -2.10. The zero-order valence-electron chi connectivity index (χ0n) is 16.5. The number of carboxylic acid groups (broad SMARTS) is 1. The third kappa shape index (κ3) is 5.85. The molecule has 1 aliphatic rings. The molecule has 0 spiro atoms. The molecule has 32 heavy (non-hydrogen) atoms. The van der Waals surface area contributed by atoms with Crippen LogP contribution >= 0.6 is 22.9 Å². The highest BCUT2D eigenvalue weighted by molar-refractivity contribution is 7.15. The van der Waals surface area contributed by atoms with Gasteiger partial charge >= 0.3 is 12.1 Å². The number of H-pyrrole nitrogens is 1. The number of carbonyl (C=O) groups excluding carboxylic acids is 1. The van der Waals surface area contributed by atoms with E-state index in [0.717, 1.165) is 40.9 Å². The number of alkyl halides is 3. The number of anilines is 2. The van der Waals surface area contributed by atoms with Gasteiger partial charge in [0.05, 0.1) is 22.4 Å². The predicted molar refractivity (Wildman–Crippen MR) is 112 cm³/mol. The second-order valence-electron chi connectivity index (χ2n) is 7.04. The van der Waals surface area contributed by atoms with Crippen molar-refractivity contribution in [1.82, 2.24) is 25.7 Å². The molecule has 0 bridgehead atoms. The fraction of sp³-hybridized carbons (Fsp3) is 0.389. The highest BCUT2D eigenvalue weighted by atomic mass is 35.5. The molecule has 1 aliphatic carbocycles. The Bertz CT molecular complexity index is 1120. The van der Waals surface area contributed by atoms with Gasteiger partial charge in [-0.3, -0.25) is 9.89 Å². The van der Waals surface area contributed by atoms with Crippen molar-refractivity contribution in [2.24, 2.45) is 0 Å². The lowest BCUT2D eigenvalue weighted by molar-refractivity contribution is -0.192. The number of amides is 1. The fourth-order valence-corrected chi connectivity index (χ4v) is 4.43. The van der Waals surface area contributed by atoms with Crippen LogP contribution in [0, 0.1) is 0 Å². The SMILES string of the molecule is CC(=O)N[C@H]1CC[C@@H](c2nnc(Nc3ccc4[nH]ncc4c3Cl)s2)C1.O=C(O)C(F)(F)F. The zero-order chi connectivity index (χ0) is 23.5. The van der Waals surface area contributed by atoms with E-state index in [1.165, 1.54) is 11.3 Å². The summed E-state index contributed by atoms with van der Waals surface area (Å²) < 4.78 is 31.7. The van der Waals surface area contributed by atoms with Gasteiger partial charge in [-0.15, -0.1) is 10.2 Å². The summed E-state index contributed by atoms with van der Waals surface area (Å²) >= 11 is 7.96. The minimum atomic E-state index is -5.08. The van der Waals surface area contributed by atoms with Gasteiger partial charge in [0.1, 0.15) is 5.01 Å². The standard InChI is InChI=1S/C16H17ClN6OS.C2HF3O2/c1-8(24)19-10-3-2-9(6-10)15-22-23-16(25-15)20-13-5-4-12-11(14(13)17)7-18-21-12;3-2(4,5)1(6)7/h4-5,7,9-10H,2-3,6H2,1H3,(H,18,21)(H,19,24)(H,20,23);(H,6,7)/t9-,10+;/m1./s1. The number of benzene rings is 1. The van der Waals surface area contributed by atoms with Crippen molar-refractivity contribution >= 4 is 56.5 Å². The van der Waals surface area contributed by atoms with Crippen LogP contribution in [0.1, 0.15) is 37.1 Å². The van der Waals surface area contributed by atoms with Gasteiger partial charge in [-0.05, 0) is 31.4 Å². The predicted octanol–water partition coefficient (Wildman–Crippen LogP) is 4.22. The Morgan fingerprint density at radius 3 is 2.66 bits per heavy atom.